The third-order valence-electron chi connectivity index (χ3n) is 5.22. The van der Waals surface area contributed by atoms with Crippen LogP contribution in [0.15, 0.2) is 53.8 Å². The first kappa shape index (κ1) is 24.8. The number of likely N-dealkylation sites (N-methyl/N-ethyl adjacent to an activating group) is 1. The van der Waals surface area contributed by atoms with E-state index in [1.165, 1.54) is 37.5 Å². The normalized spacial score (nSPS) is 17.7. The van der Waals surface area contributed by atoms with E-state index in [0.717, 1.165) is 29.5 Å². The van der Waals surface area contributed by atoms with Crippen LogP contribution in [0.5, 0.6) is 11.5 Å². The van der Waals surface area contributed by atoms with Gasteiger partial charge in [0.15, 0.2) is 17.5 Å². The highest BCUT2D eigenvalue weighted by Crippen LogP contribution is 2.41. The molecule has 2 N–H and O–H groups in total. The zero-order valence-corrected chi connectivity index (χ0v) is 19.5. The lowest BCUT2D eigenvalue weighted by Gasteiger charge is -2.25. The summed E-state index contributed by atoms with van der Waals surface area (Å²) in [6.45, 7) is -3.09. The Morgan fingerprint density at radius 2 is 1.89 bits per heavy atom. The van der Waals surface area contributed by atoms with Crippen molar-refractivity contribution in [2.45, 2.75) is 12.2 Å². The van der Waals surface area contributed by atoms with Gasteiger partial charge in [0.1, 0.15) is 5.82 Å². The summed E-state index contributed by atoms with van der Waals surface area (Å²) in [4.78, 5) is 22.7. The lowest BCUT2D eigenvalue weighted by molar-refractivity contribution is -0.129. The van der Waals surface area contributed by atoms with Crippen LogP contribution in [0.3, 0.4) is 0 Å². The van der Waals surface area contributed by atoms with Crippen LogP contribution >= 0.6 is 0 Å². The van der Waals surface area contributed by atoms with Gasteiger partial charge in [-0.25, -0.2) is 9.38 Å². The monoisotopic (exact) mass is 518 g/mol. The molecule has 0 bridgehead atoms. The highest BCUT2D eigenvalue weighted by molar-refractivity contribution is 7.86. The number of pyridine rings is 1. The molecule has 4 rings (SSSR count). The third-order valence-corrected chi connectivity index (χ3v) is 5.72. The smallest absolute Gasteiger partial charge is 0.388 e. The molecule has 186 valence electrons. The number of alkyl halides is 2. The van der Waals surface area contributed by atoms with Gasteiger partial charge in [-0.05, 0) is 42.0 Å². The molecular weight excluding hydrogens is 501 g/mol. The van der Waals surface area contributed by atoms with Crippen molar-refractivity contribution in [3.63, 3.8) is 0 Å². The van der Waals surface area contributed by atoms with Gasteiger partial charge in [-0.15, -0.1) is 0 Å². The highest BCUT2D eigenvalue weighted by atomic mass is 32.2. The van der Waals surface area contributed by atoms with Gasteiger partial charge in [0.2, 0.25) is 5.54 Å². The molecule has 0 saturated carbocycles. The van der Waals surface area contributed by atoms with Crippen LogP contribution in [0.2, 0.25) is 0 Å². The van der Waals surface area contributed by atoms with Crippen molar-refractivity contribution in [3.05, 3.63) is 77.9 Å². The van der Waals surface area contributed by atoms with E-state index in [-0.39, 0.29) is 39.7 Å². The second kappa shape index (κ2) is 9.04. The number of ether oxygens (including phenoxy) is 1. The second-order valence-electron chi connectivity index (χ2n) is 7.68. The van der Waals surface area contributed by atoms with Gasteiger partial charge in [0.25, 0.3) is 5.91 Å². The molecule has 36 heavy (non-hydrogen) atoms. The van der Waals surface area contributed by atoms with Gasteiger partial charge in [0.05, 0.1) is 12.5 Å². The van der Waals surface area contributed by atoms with Crippen molar-refractivity contribution in [1.82, 2.24) is 9.88 Å². The molecular formula is C23H17F3N4O5S. The fourth-order valence-electron chi connectivity index (χ4n) is 3.67. The number of carbonyl (C=O) groups is 1. The Bertz CT molecular complexity index is 1460. The molecule has 0 radical (unpaired) electrons. The molecule has 1 aliphatic rings. The first-order valence-electron chi connectivity index (χ1n) is 10.1. The van der Waals surface area contributed by atoms with E-state index >= 15 is 0 Å². The number of amides is 1. The fourth-order valence-corrected chi connectivity index (χ4v) is 4.11. The number of aromatic nitrogens is 1. The molecule has 3 aromatic rings. The van der Waals surface area contributed by atoms with Crippen LogP contribution in [0.1, 0.15) is 11.1 Å². The maximum atomic E-state index is 14.9. The molecule has 1 amide bonds. The molecule has 0 saturated heterocycles. The SMILES string of the molecule is CN1C(=O)C(c2c#cc(OC(F)F)cc2)(c2ccc(F)c(-c3cncc(OS(C)(=O)=O)c3)c2)N=C1N. The molecule has 1 aliphatic heterocycles. The van der Waals surface area contributed by atoms with Crippen molar-refractivity contribution in [2.24, 2.45) is 10.7 Å². The van der Waals surface area contributed by atoms with Crippen molar-refractivity contribution in [2.75, 3.05) is 13.3 Å². The summed E-state index contributed by atoms with van der Waals surface area (Å²) in [5.74, 6) is -1.92. The molecule has 0 spiro atoms. The topological polar surface area (TPSA) is 124 Å². The largest absolute Gasteiger partial charge is 0.426 e. The Morgan fingerprint density at radius 1 is 1.14 bits per heavy atom. The zero-order chi connectivity index (χ0) is 26.3. The van der Waals surface area contributed by atoms with Crippen LogP contribution in [0.25, 0.3) is 11.1 Å². The van der Waals surface area contributed by atoms with Crippen LogP contribution in [-0.4, -0.2) is 50.1 Å². The molecule has 0 fully saturated rings. The summed E-state index contributed by atoms with van der Waals surface area (Å²) in [6.07, 6.45) is 3.27. The average Bonchev–Trinajstić information content (AvgIpc) is 3.03. The van der Waals surface area contributed by atoms with Gasteiger partial charge >= 0.3 is 16.7 Å². The first-order chi connectivity index (χ1) is 16.9. The number of hydrogen-bond donors (Lipinski definition) is 1. The Hall–Kier alpha value is -4.31. The number of rotatable bonds is 7. The van der Waals surface area contributed by atoms with Crippen molar-refractivity contribution < 1.29 is 35.3 Å². The van der Waals surface area contributed by atoms with Crippen molar-refractivity contribution >= 4 is 22.0 Å². The number of benzene rings is 1. The van der Waals surface area contributed by atoms with E-state index in [0.29, 0.717) is 0 Å². The van der Waals surface area contributed by atoms with E-state index in [1.807, 2.05) is 0 Å². The fraction of sp³-hybridized carbons (Fsp3) is 0.174. The molecule has 2 aromatic carbocycles. The molecule has 13 heteroatoms. The third kappa shape index (κ3) is 4.63. The lowest BCUT2D eigenvalue weighted by Crippen LogP contribution is -2.41. The van der Waals surface area contributed by atoms with E-state index in [4.69, 9.17) is 9.92 Å². The molecule has 1 aromatic heterocycles. The molecule has 9 nitrogen and oxygen atoms in total. The summed E-state index contributed by atoms with van der Waals surface area (Å²) in [5, 5.41) is 0. The number of halogens is 3. The summed E-state index contributed by atoms with van der Waals surface area (Å²) >= 11 is 0. The molecule has 1 atom stereocenters. The maximum Gasteiger partial charge on any atom is 0.388 e. The minimum atomic E-state index is -3.86. The molecule has 1 unspecified atom stereocenters. The Morgan fingerprint density at radius 3 is 2.47 bits per heavy atom. The molecule has 2 heterocycles. The van der Waals surface area contributed by atoms with Gasteiger partial charge in [-0.3, -0.25) is 14.7 Å². The quantitative estimate of drug-likeness (QED) is 0.477. The van der Waals surface area contributed by atoms with Gasteiger partial charge in [0, 0.05) is 29.9 Å². The van der Waals surface area contributed by atoms with Crippen LogP contribution in [-0.2, 0) is 20.5 Å². The predicted octanol–water partition coefficient (Wildman–Crippen LogP) is 2.46. The van der Waals surface area contributed by atoms with E-state index in [1.54, 1.807) is 0 Å². The Labute approximate surface area is 204 Å². The Balaban J connectivity index is 1.86. The van der Waals surface area contributed by atoms with E-state index in [9.17, 15) is 26.4 Å². The number of aliphatic imine (C=N–C) groups is 1. The predicted molar refractivity (Wildman–Crippen MR) is 121 cm³/mol. The van der Waals surface area contributed by atoms with E-state index in [2.05, 4.69) is 26.8 Å². The van der Waals surface area contributed by atoms with Gasteiger partial charge < -0.3 is 14.7 Å². The minimum absolute atomic E-state index is 0.0453. The highest BCUT2D eigenvalue weighted by Gasteiger charge is 2.50. The number of nitrogens with zero attached hydrogens (tertiary/aromatic N) is 3. The van der Waals surface area contributed by atoms with Crippen molar-refractivity contribution in [3.8, 4) is 22.6 Å². The number of guanidine groups is 1. The number of carbonyl (C=O) groups excluding carboxylic acids is 1. The summed E-state index contributed by atoms with van der Waals surface area (Å²) in [6, 6.07) is 12.5. The number of nitrogens with two attached hydrogens (primary N) is 1. The van der Waals surface area contributed by atoms with Crippen LogP contribution in [0.4, 0.5) is 13.2 Å². The van der Waals surface area contributed by atoms with Gasteiger partial charge in [-0.2, -0.15) is 17.2 Å². The minimum Gasteiger partial charge on any atom is -0.426 e. The maximum absolute atomic E-state index is 14.9. The lowest BCUT2D eigenvalue weighted by atomic mass is 9.82. The second-order valence-corrected chi connectivity index (χ2v) is 9.25. The number of hydrogen-bond acceptors (Lipinski definition) is 8. The summed E-state index contributed by atoms with van der Waals surface area (Å²) in [5.41, 5.74) is 4.44. The summed E-state index contributed by atoms with van der Waals surface area (Å²) < 4.78 is 72.1. The standard InChI is InChI=1S/C23H17F3N4O5S/c1-30-20(31)23(29-22(30)27,14-3-6-16(7-4-14)34-21(25)26)15-5-8-19(24)18(10-15)13-9-17(12-28-11-13)35-36(2,32)33/h3,5-6,8-12,21H,1-2H3,(H2,27,29). The average molecular weight is 518 g/mol. The first-order valence-corrected chi connectivity index (χ1v) is 11.9. The molecule has 0 aliphatic carbocycles. The van der Waals surface area contributed by atoms with Crippen LogP contribution < -0.4 is 14.7 Å². The van der Waals surface area contributed by atoms with E-state index < -0.39 is 34.0 Å². The van der Waals surface area contributed by atoms with Crippen LogP contribution in [0, 0.1) is 17.9 Å². The van der Waals surface area contributed by atoms with Gasteiger partial charge in [-0.1, -0.05) is 12.1 Å². The zero-order valence-electron chi connectivity index (χ0n) is 18.7. The van der Waals surface area contributed by atoms with Crippen molar-refractivity contribution in [1.29, 1.82) is 0 Å². The summed E-state index contributed by atoms with van der Waals surface area (Å²) in [7, 11) is -2.47. The Kier molecular flexibility index (Phi) is 6.23.